The molecule has 0 bridgehead atoms. The van der Waals surface area contributed by atoms with Crippen LogP contribution in [0, 0.1) is 6.92 Å². The second-order valence-electron chi connectivity index (χ2n) is 7.02. The number of nitrogens with zero attached hydrogens (tertiary/aromatic N) is 3. The number of hydrogen-bond donors (Lipinski definition) is 0. The average Bonchev–Trinajstić information content (AvgIpc) is 3.44. The summed E-state index contributed by atoms with van der Waals surface area (Å²) >= 11 is 0. The van der Waals surface area contributed by atoms with E-state index in [1.807, 2.05) is 90.7 Å². The molecular formula is C24H23N3O2. The van der Waals surface area contributed by atoms with Gasteiger partial charge < -0.3 is 9.32 Å². The molecule has 29 heavy (non-hydrogen) atoms. The number of amides is 1. The molecule has 0 atom stereocenters. The number of para-hydroxylation sites is 1. The van der Waals surface area contributed by atoms with Gasteiger partial charge in [-0.15, -0.1) is 0 Å². The first-order chi connectivity index (χ1) is 14.2. The molecule has 146 valence electrons. The maximum atomic E-state index is 13.1. The van der Waals surface area contributed by atoms with Crippen molar-refractivity contribution < 1.29 is 9.21 Å². The monoisotopic (exact) mass is 385 g/mol. The van der Waals surface area contributed by atoms with Crippen LogP contribution in [-0.2, 0) is 17.8 Å². The standard InChI is InChI=1S/C24H23N3O2/c1-19-9-12-21(13-10-19)26(18-23-8-5-15-29-23)24(28)14-11-20-16-25-27(17-20)22-6-3-2-4-7-22/h2-10,12-13,15-17H,11,14,18H2,1H3. The molecule has 4 rings (SSSR count). The van der Waals surface area contributed by atoms with E-state index in [4.69, 9.17) is 4.42 Å². The van der Waals surface area contributed by atoms with Gasteiger partial charge in [0.05, 0.1) is 24.7 Å². The topological polar surface area (TPSA) is 51.3 Å². The van der Waals surface area contributed by atoms with Crippen molar-refractivity contribution in [3.8, 4) is 5.69 Å². The van der Waals surface area contributed by atoms with Crippen LogP contribution in [0.3, 0.4) is 0 Å². The fraction of sp³-hybridized carbons (Fsp3) is 0.167. The van der Waals surface area contributed by atoms with Crippen LogP contribution in [0.5, 0.6) is 0 Å². The summed E-state index contributed by atoms with van der Waals surface area (Å²) in [5.74, 6) is 0.813. The SMILES string of the molecule is Cc1ccc(N(Cc2ccco2)C(=O)CCc2cnn(-c3ccccc3)c2)cc1. The van der Waals surface area contributed by atoms with Gasteiger partial charge in [0.2, 0.25) is 5.91 Å². The van der Waals surface area contributed by atoms with Crippen LogP contribution < -0.4 is 4.90 Å². The van der Waals surface area contributed by atoms with Crippen molar-refractivity contribution in [1.29, 1.82) is 0 Å². The summed E-state index contributed by atoms with van der Waals surface area (Å²) < 4.78 is 7.30. The van der Waals surface area contributed by atoms with E-state index < -0.39 is 0 Å². The van der Waals surface area contributed by atoms with Crippen LogP contribution in [0.15, 0.2) is 89.8 Å². The second kappa shape index (κ2) is 8.61. The van der Waals surface area contributed by atoms with Gasteiger partial charge in [0, 0.05) is 18.3 Å². The largest absolute Gasteiger partial charge is 0.467 e. The van der Waals surface area contributed by atoms with Gasteiger partial charge in [-0.3, -0.25) is 4.79 Å². The number of furan rings is 1. The lowest BCUT2D eigenvalue weighted by Crippen LogP contribution is -2.30. The lowest BCUT2D eigenvalue weighted by molar-refractivity contribution is -0.118. The van der Waals surface area contributed by atoms with Crippen LogP contribution in [0.4, 0.5) is 5.69 Å². The Morgan fingerprint density at radius 3 is 2.55 bits per heavy atom. The molecule has 0 aliphatic heterocycles. The molecule has 0 radical (unpaired) electrons. The minimum atomic E-state index is 0.0534. The van der Waals surface area contributed by atoms with Gasteiger partial charge >= 0.3 is 0 Å². The molecule has 0 unspecified atom stereocenters. The first-order valence-corrected chi connectivity index (χ1v) is 9.67. The number of aryl methyl sites for hydroxylation is 2. The van der Waals surface area contributed by atoms with Crippen molar-refractivity contribution >= 4 is 11.6 Å². The molecule has 0 saturated carbocycles. The van der Waals surface area contributed by atoms with E-state index in [1.165, 1.54) is 0 Å². The normalized spacial score (nSPS) is 10.8. The molecule has 2 aromatic carbocycles. The third kappa shape index (κ3) is 4.63. The van der Waals surface area contributed by atoms with Crippen molar-refractivity contribution in [3.05, 3.63) is 102 Å². The Morgan fingerprint density at radius 2 is 1.83 bits per heavy atom. The molecule has 4 aromatic rings. The fourth-order valence-electron chi connectivity index (χ4n) is 3.20. The van der Waals surface area contributed by atoms with Crippen LogP contribution in [-0.4, -0.2) is 15.7 Å². The Morgan fingerprint density at radius 1 is 1.03 bits per heavy atom. The first kappa shape index (κ1) is 18.7. The second-order valence-corrected chi connectivity index (χ2v) is 7.02. The third-order valence-electron chi connectivity index (χ3n) is 4.83. The summed E-state index contributed by atoms with van der Waals surface area (Å²) in [6, 6.07) is 21.7. The van der Waals surface area contributed by atoms with Gasteiger partial charge in [0.25, 0.3) is 0 Å². The maximum absolute atomic E-state index is 13.1. The lowest BCUT2D eigenvalue weighted by atomic mass is 10.1. The molecule has 0 aliphatic rings. The van der Waals surface area contributed by atoms with Gasteiger partial charge in [0.15, 0.2) is 0 Å². The molecule has 0 fully saturated rings. The molecule has 2 aromatic heterocycles. The van der Waals surface area contributed by atoms with Crippen LogP contribution in [0.1, 0.15) is 23.3 Å². The summed E-state index contributed by atoms with van der Waals surface area (Å²) in [6.45, 7) is 2.45. The maximum Gasteiger partial charge on any atom is 0.227 e. The Balaban J connectivity index is 1.46. The van der Waals surface area contributed by atoms with E-state index in [0.29, 0.717) is 19.4 Å². The van der Waals surface area contributed by atoms with Crippen molar-refractivity contribution in [2.75, 3.05) is 4.90 Å². The van der Waals surface area contributed by atoms with E-state index >= 15 is 0 Å². The van der Waals surface area contributed by atoms with Crippen molar-refractivity contribution in [3.63, 3.8) is 0 Å². The highest BCUT2D eigenvalue weighted by Crippen LogP contribution is 2.20. The van der Waals surface area contributed by atoms with E-state index in [-0.39, 0.29) is 5.91 Å². The molecule has 0 saturated heterocycles. The summed E-state index contributed by atoms with van der Waals surface area (Å²) in [4.78, 5) is 14.8. The number of benzene rings is 2. The minimum Gasteiger partial charge on any atom is -0.467 e. The summed E-state index contributed by atoms with van der Waals surface area (Å²) in [5, 5.41) is 4.41. The van der Waals surface area contributed by atoms with Gasteiger partial charge in [-0.05, 0) is 55.3 Å². The Hall–Kier alpha value is -3.60. The predicted molar refractivity (Wildman–Crippen MR) is 113 cm³/mol. The first-order valence-electron chi connectivity index (χ1n) is 9.67. The number of aromatic nitrogens is 2. The van der Waals surface area contributed by atoms with Crippen LogP contribution >= 0.6 is 0 Å². The summed E-state index contributed by atoms with van der Waals surface area (Å²) in [5.41, 5.74) is 4.07. The number of carbonyl (C=O) groups excluding carboxylic acids is 1. The van der Waals surface area contributed by atoms with Crippen molar-refractivity contribution in [2.45, 2.75) is 26.3 Å². The number of hydrogen-bond acceptors (Lipinski definition) is 3. The quantitative estimate of drug-likeness (QED) is 0.453. The van der Waals surface area contributed by atoms with Crippen molar-refractivity contribution in [2.24, 2.45) is 0 Å². The lowest BCUT2D eigenvalue weighted by Gasteiger charge is -2.22. The van der Waals surface area contributed by atoms with Gasteiger partial charge in [0.1, 0.15) is 5.76 Å². The zero-order valence-electron chi connectivity index (χ0n) is 16.4. The highest BCUT2D eigenvalue weighted by Gasteiger charge is 2.18. The van der Waals surface area contributed by atoms with E-state index in [9.17, 15) is 4.79 Å². The molecule has 5 heteroatoms. The zero-order valence-corrected chi connectivity index (χ0v) is 16.4. The van der Waals surface area contributed by atoms with Gasteiger partial charge in [-0.1, -0.05) is 35.9 Å². The average molecular weight is 385 g/mol. The molecular weight excluding hydrogens is 362 g/mol. The summed E-state index contributed by atoms with van der Waals surface area (Å²) in [7, 11) is 0. The van der Waals surface area contributed by atoms with Gasteiger partial charge in [-0.25, -0.2) is 4.68 Å². The Bertz CT molecular complexity index is 1050. The molecule has 0 spiro atoms. The number of carbonyl (C=O) groups is 1. The molecule has 0 N–H and O–H groups in total. The fourth-order valence-corrected chi connectivity index (χ4v) is 3.20. The molecule has 1 amide bonds. The summed E-state index contributed by atoms with van der Waals surface area (Å²) in [6.07, 6.45) is 6.46. The van der Waals surface area contributed by atoms with Crippen LogP contribution in [0.25, 0.3) is 5.69 Å². The Kier molecular flexibility index (Phi) is 5.56. The highest BCUT2D eigenvalue weighted by molar-refractivity contribution is 5.93. The van der Waals surface area contributed by atoms with E-state index in [0.717, 1.165) is 28.3 Å². The smallest absolute Gasteiger partial charge is 0.227 e. The molecule has 0 aliphatic carbocycles. The Labute approximate surface area is 170 Å². The number of rotatable bonds is 7. The van der Waals surface area contributed by atoms with E-state index in [1.54, 1.807) is 11.2 Å². The predicted octanol–water partition coefficient (Wildman–Crippen LogP) is 4.94. The molecule has 2 heterocycles. The van der Waals surface area contributed by atoms with E-state index in [2.05, 4.69) is 5.10 Å². The zero-order chi connectivity index (χ0) is 20.1. The third-order valence-corrected chi connectivity index (χ3v) is 4.83. The van der Waals surface area contributed by atoms with Gasteiger partial charge in [-0.2, -0.15) is 5.10 Å². The number of anilines is 1. The molecule has 5 nitrogen and oxygen atoms in total. The highest BCUT2D eigenvalue weighted by atomic mass is 16.3. The minimum absolute atomic E-state index is 0.0534. The van der Waals surface area contributed by atoms with Crippen LogP contribution in [0.2, 0.25) is 0 Å². The van der Waals surface area contributed by atoms with Crippen molar-refractivity contribution in [1.82, 2.24) is 9.78 Å².